The Morgan fingerprint density at radius 2 is 2.22 bits per heavy atom. The number of hydrogen-bond acceptors (Lipinski definition) is 4. The van der Waals surface area contributed by atoms with E-state index in [1.54, 1.807) is 18.9 Å². The van der Waals surface area contributed by atoms with Gasteiger partial charge in [0.25, 0.3) is 0 Å². The van der Waals surface area contributed by atoms with E-state index in [0.717, 1.165) is 19.3 Å². The Kier molecular flexibility index (Phi) is 5.14. The van der Waals surface area contributed by atoms with Gasteiger partial charge in [0.1, 0.15) is 6.54 Å². The van der Waals surface area contributed by atoms with Crippen LogP contribution in [0.15, 0.2) is 0 Å². The van der Waals surface area contributed by atoms with Crippen LogP contribution in [0.2, 0.25) is 0 Å². The lowest BCUT2D eigenvalue weighted by molar-refractivity contribution is -0.153. The van der Waals surface area contributed by atoms with Crippen LogP contribution >= 0.6 is 0 Å². The highest BCUT2D eigenvalue weighted by Gasteiger charge is 2.38. The van der Waals surface area contributed by atoms with Crippen LogP contribution in [-0.2, 0) is 14.3 Å². The molecule has 0 spiro atoms. The molecule has 1 atom stereocenters. The van der Waals surface area contributed by atoms with E-state index in [2.05, 4.69) is 5.32 Å². The van der Waals surface area contributed by atoms with Gasteiger partial charge >= 0.3 is 5.97 Å². The quantitative estimate of drug-likeness (QED) is 0.760. The molecule has 0 aliphatic carbocycles. The number of carbonyl (C=O) groups is 2. The lowest BCUT2D eigenvalue weighted by Gasteiger charge is -2.37. The average Bonchev–Trinajstić information content (AvgIpc) is 2.40. The molecule has 5 nitrogen and oxygen atoms in total. The number of ether oxygens (including phenoxy) is 1. The Balaban J connectivity index is 2.85. The molecule has 0 saturated carbocycles. The molecule has 1 rings (SSSR count). The molecular formula is C13H24N2O3. The second-order valence-electron chi connectivity index (χ2n) is 5.28. The molecule has 1 heterocycles. The summed E-state index contributed by atoms with van der Waals surface area (Å²) in [6.07, 6.45) is 2.69. The van der Waals surface area contributed by atoms with Gasteiger partial charge in [-0.3, -0.25) is 9.59 Å². The van der Waals surface area contributed by atoms with Gasteiger partial charge in [0.15, 0.2) is 0 Å². The number of esters is 1. The van der Waals surface area contributed by atoms with E-state index in [1.807, 2.05) is 13.8 Å². The van der Waals surface area contributed by atoms with E-state index < -0.39 is 0 Å². The van der Waals surface area contributed by atoms with Crippen LogP contribution in [0, 0.1) is 0 Å². The zero-order chi connectivity index (χ0) is 13.8. The zero-order valence-corrected chi connectivity index (χ0v) is 11.8. The monoisotopic (exact) mass is 256 g/mol. The van der Waals surface area contributed by atoms with Crippen molar-refractivity contribution in [2.24, 2.45) is 0 Å². The predicted octanol–water partition coefficient (Wildman–Crippen LogP) is 0.929. The number of hydrogen-bond donors (Lipinski definition) is 1. The van der Waals surface area contributed by atoms with Gasteiger partial charge in [-0.15, -0.1) is 0 Å². The standard InChI is InChI=1S/C13H24N2O3/c1-5-18-11(16)9-15-12(17)10(14-4)7-6-8-13(15,2)3/h10,14H,5-9H2,1-4H3/t10-/m0/s1. The molecule has 5 heteroatoms. The molecule has 1 amide bonds. The fourth-order valence-corrected chi connectivity index (χ4v) is 2.38. The van der Waals surface area contributed by atoms with E-state index in [4.69, 9.17) is 4.74 Å². The maximum atomic E-state index is 12.4. The lowest BCUT2D eigenvalue weighted by atomic mass is 9.97. The summed E-state index contributed by atoms with van der Waals surface area (Å²) in [5, 5.41) is 3.02. The van der Waals surface area contributed by atoms with E-state index in [-0.39, 0.29) is 30.0 Å². The van der Waals surface area contributed by atoms with Crippen molar-refractivity contribution in [1.29, 1.82) is 0 Å². The highest BCUT2D eigenvalue weighted by atomic mass is 16.5. The van der Waals surface area contributed by atoms with Crippen LogP contribution in [0.5, 0.6) is 0 Å². The summed E-state index contributed by atoms with van der Waals surface area (Å²) in [7, 11) is 1.78. The SMILES string of the molecule is CCOC(=O)CN1C(=O)[C@@H](NC)CCCC1(C)C. The Hall–Kier alpha value is -1.10. The first-order chi connectivity index (χ1) is 8.42. The molecule has 0 aromatic heterocycles. The topological polar surface area (TPSA) is 58.6 Å². The summed E-state index contributed by atoms with van der Waals surface area (Å²) in [6, 6.07) is -0.193. The van der Waals surface area contributed by atoms with Gasteiger partial charge in [-0.1, -0.05) is 0 Å². The average molecular weight is 256 g/mol. The van der Waals surface area contributed by atoms with Crippen LogP contribution in [0.4, 0.5) is 0 Å². The van der Waals surface area contributed by atoms with Crippen molar-refractivity contribution < 1.29 is 14.3 Å². The molecule has 1 fully saturated rings. The van der Waals surface area contributed by atoms with Gasteiger partial charge in [-0.05, 0) is 47.1 Å². The van der Waals surface area contributed by atoms with E-state index in [9.17, 15) is 9.59 Å². The van der Waals surface area contributed by atoms with Crippen molar-refractivity contribution in [3.8, 4) is 0 Å². The summed E-state index contributed by atoms with van der Waals surface area (Å²) >= 11 is 0. The fourth-order valence-electron chi connectivity index (χ4n) is 2.38. The highest BCUT2D eigenvalue weighted by Crippen LogP contribution is 2.27. The van der Waals surface area contributed by atoms with Crippen LogP contribution in [-0.4, -0.2) is 48.6 Å². The molecule has 0 aromatic rings. The summed E-state index contributed by atoms with van der Waals surface area (Å²) in [5.74, 6) is -0.344. The zero-order valence-electron chi connectivity index (χ0n) is 11.8. The number of nitrogens with zero attached hydrogens (tertiary/aromatic N) is 1. The van der Waals surface area contributed by atoms with Gasteiger partial charge in [0, 0.05) is 5.54 Å². The van der Waals surface area contributed by atoms with Crippen molar-refractivity contribution in [2.75, 3.05) is 20.2 Å². The maximum Gasteiger partial charge on any atom is 0.325 e. The predicted molar refractivity (Wildman–Crippen MR) is 69.1 cm³/mol. The first-order valence-electron chi connectivity index (χ1n) is 6.56. The molecule has 0 aromatic carbocycles. The van der Waals surface area contributed by atoms with Gasteiger partial charge in [-0.2, -0.15) is 0 Å². The van der Waals surface area contributed by atoms with E-state index in [1.165, 1.54) is 0 Å². The third-order valence-electron chi connectivity index (χ3n) is 3.52. The summed E-state index contributed by atoms with van der Waals surface area (Å²) < 4.78 is 4.94. The summed E-state index contributed by atoms with van der Waals surface area (Å²) in [6.45, 7) is 6.16. The van der Waals surface area contributed by atoms with Crippen molar-refractivity contribution >= 4 is 11.9 Å². The number of amides is 1. The first kappa shape index (κ1) is 15.0. The molecule has 0 unspecified atom stereocenters. The summed E-state index contributed by atoms with van der Waals surface area (Å²) in [5.41, 5.74) is -0.296. The number of carbonyl (C=O) groups excluding carboxylic acids is 2. The molecule has 104 valence electrons. The van der Waals surface area contributed by atoms with Gasteiger partial charge < -0.3 is 15.0 Å². The third-order valence-corrected chi connectivity index (χ3v) is 3.52. The van der Waals surface area contributed by atoms with Crippen LogP contribution in [0.25, 0.3) is 0 Å². The second-order valence-corrected chi connectivity index (χ2v) is 5.28. The smallest absolute Gasteiger partial charge is 0.325 e. The van der Waals surface area contributed by atoms with Crippen molar-refractivity contribution in [1.82, 2.24) is 10.2 Å². The van der Waals surface area contributed by atoms with Crippen LogP contribution < -0.4 is 5.32 Å². The minimum Gasteiger partial charge on any atom is -0.465 e. The number of likely N-dealkylation sites (tertiary alicyclic amines) is 1. The Bertz CT molecular complexity index is 315. The molecule has 18 heavy (non-hydrogen) atoms. The number of likely N-dealkylation sites (N-methyl/N-ethyl adjacent to an activating group) is 1. The molecule has 0 bridgehead atoms. The van der Waals surface area contributed by atoms with Crippen molar-refractivity contribution in [2.45, 2.75) is 51.6 Å². The van der Waals surface area contributed by atoms with Crippen LogP contribution in [0.3, 0.4) is 0 Å². The third kappa shape index (κ3) is 3.45. The van der Waals surface area contributed by atoms with Crippen molar-refractivity contribution in [3.05, 3.63) is 0 Å². The molecular weight excluding hydrogens is 232 g/mol. The Morgan fingerprint density at radius 3 is 2.78 bits per heavy atom. The highest BCUT2D eigenvalue weighted by molar-refractivity contribution is 5.86. The molecule has 1 aliphatic heterocycles. The second kappa shape index (κ2) is 6.18. The Labute approximate surface area is 109 Å². The van der Waals surface area contributed by atoms with Crippen LogP contribution in [0.1, 0.15) is 40.0 Å². The number of rotatable bonds is 4. The van der Waals surface area contributed by atoms with Gasteiger partial charge in [0.05, 0.1) is 12.6 Å². The van der Waals surface area contributed by atoms with E-state index in [0.29, 0.717) is 6.61 Å². The Morgan fingerprint density at radius 1 is 1.56 bits per heavy atom. The largest absolute Gasteiger partial charge is 0.465 e. The summed E-state index contributed by atoms with van der Waals surface area (Å²) in [4.78, 5) is 25.7. The lowest BCUT2D eigenvalue weighted by Crippen LogP contribution is -2.54. The fraction of sp³-hybridized carbons (Fsp3) is 0.846. The minimum absolute atomic E-state index is 0.00643. The molecule has 1 N–H and O–H groups in total. The normalized spacial score (nSPS) is 23.7. The van der Waals surface area contributed by atoms with E-state index >= 15 is 0 Å². The molecule has 1 aliphatic rings. The van der Waals surface area contributed by atoms with Crippen molar-refractivity contribution in [3.63, 3.8) is 0 Å². The van der Waals surface area contributed by atoms with Gasteiger partial charge in [-0.25, -0.2) is 0 Å². The van der Waals surface area contributed by atoms with Gasteiger partial charge in [0.2, 0.25) is 5.91 Å². The number of nitrogens with one attached hydrogen (secondary N) is 1. The minimum atomic E-state index is -0.337. The first-order valence-corrected chi connectivity index (χ1v) is 6.56. The maximum absolute atomic E-state index is 12.4. The molecule has 1 saturated heterocycles. The molecule has 0 radical (unpaired) electrons.